The van der Waals surface area contributed by atoms with Crippen molar-refractivity contribution in [2.45, 2.75) is 69.6 Å². The number of fused-ring (bicyclic) bond motifs is 1. The number of rotatable bonds is 11. The summed E-state index contributed by atoms with van der Waals surface area (Å²) in [4.78, 5) is 56.2. The highest BCUT2D eigenvalue weighted by Gasteiger charge is 2.51. The number of carbonyl (C=O) groups excluding carboxylic acids is 4. The highest BCUT2D eigenvalue weighted by atomic mass is 16.6. The summed E-state index contributed by atoms with van der Waals surface area (Å²) >= 11 is 0. The molecule has 8 rings (SSSR count). The van der Waals surface area contributed by atoms with Crippen LogP contribution in [0.5, 0.6) is 0 Å². The molecule has 1 heterocycles. The monoisotopic (exact) mass is 640 g/mol. The van der Waals surface area contributed by atoms with E-state index in [1.807, 2.05) is 60.8 Å². The van der Waals surface area contributed by atoms with E-state index < -0.39 is 35.5 Å². The molecule has 3 amide bonds. The van der Waals surface area contributed by atoms with E-state index in [2.05, 4.69) is 20.9 Å². The molecule has 2 aromatic carbocycles. The quantitative estimate of drug-likeness (QED) is 0.222. The molecule has 1 aromatic heterocycles. The molecule has 5 aliphatic carbocycles. The molecule has 0 saturated heterocycles. The molecule has 5 saturated carbocycles. The highest BCUT2D eigenvalue weighted by Crippen LogP contribution is 2.54. The summed E-state index contributed by atoms with van der Waals surface area (Å²) in [6.07, 6.45) is 7.63. The minimum Gasteiger partial charge on any atom is -0.469 e. The summed E-state index contributed by atoms with van der Waals surface area (Å²) in [5.41, 5.74) is 1.29. The van der Waals surface area contributed by atoms with E-state index in [4.69, 9.17) is 9.47 Å². The van der Waals surface area contributed by atoms with Crippen molar-refractivity contribution in [3.8, 4) is 0 Å². The Hall–Kier alpha value is -4.34. The summed E-state index contributed by atoms with van der Waals surface area (Å²) in [7, 11) is 1.32. The van der Waals surface area contributed by atoms with E-state index in [-0.39, 0.29) is 30.9 Å². The van der Waals surface area contributed by atoms with Crippen LogP contribution in [0.1, 0.15) is 62.6 Å². The zero-order valence-corrected chi connectivity index (χ0v) is 27.0. The van der Waals surface area contributed by atoms with Gasteiger partial charge in [-0.15, -0.1) is 0 Å². The van der Waals surface area contributed by atoms with Crippen molar-refractivity contribution in [1.29, 1.82) is 0 Å². The molecule has 3 aromatic rings. The second kappa shape index (κ2) is 12.7. The van der Waals surface area contributed by atoms with Gasteiger partial charge in [-0.2, -0.15) is 0 Å². The van der Waals surface area contributed by atoms with Crippen LogP contribution in [0, 0.1) is 35.5 Å². The smallest absolute Gasteiger partial charge is 0.408 e. The average Bonchev–Trinajstić information content (AvgIpc) is 3.78. The Morgan fingerprint density at radius 1 is 0.894 bits per heavy atom. The lowest BCUT2D eigenvalue weighted by Crippen LogP contribution is -2.60. The molecule has 0 radical (unpaired) electrons. The zero-order chi connectivity index (χ0) is 32.7. The number of benzene rings is 2. The van der Waals surface area contributed by atoms with Gasteiger partial charge in [0.25, 0.3) is 0 Å². The van der Waals surface area contributed by atoms with Gasteiger partial charge < -0.3 is 30.4 Å². The number of hydrogen-bond acceptors (Lipinski definition) is 6. The lowest BCUT2D eigenvalue weighted by Gasteiger charge is -2.53. The van der Waals surface area contributed by atoms with Crippen LogP contribution in [-0.4, -0.2) is 54.2 Å². The summed E-state index contributed by atoms with van der Waals surface area (Å²) in [5.74, 6) is 0.339. The molecule has 47 heavy (non-hydrogen) atoms. The van der Waals surface area contributed by atoms with Crippen molar-refractivity contribution in [1.82, 2.24) is 20.9 Å². The molecule has 0 spiro atoms. The van der Waals surface area contributed by atoms with E-state index in [9.17, 15) is 19.2 Å². The Kier molecular flexibility index (Phi) is 8.45. The van der Waals surface area contributed by atoms with Gasteiger partial charge >= 0.3 is 12.1 Å². The standard InChI is InChI=1S/C37H44N4O6/c1-37(18-26-19-38-30-11-7-6-10-27(26)30,41-36(45)47-32-24-13-21-12-22(15-24)16-25(32)14-21)35(44)39-20-31(23-8-4-3-5-9-23)40-33(42)28-17-29(28)34(43)46-2/h3-11,19,21-22,24-25,28-29,31-32,38H,12-18,20H2,1-2H3,(H,39,44)(H,40,42)(H,41,45)/t21?,22?,24?,25?,28-,29-,31-,32?,37+/m0/s1. The summed E-state index contributed by atoms with van der Waals surface area (Å²) in [5, 5.41) is 10.0. The van der Waals surface area contributed by atoms with Gasteiger partial charge in [-0.3, -0.25) is 14.4 Å². The fourth-order valence-corrected chi connectivity index (χ4v) is 8.79. The van der Waals surface area contributed by atoms with Crippen molar-refractivity contribution in [3.63, 3.8) is 0 Å². The number of esters is 1. The third kappa shape index (κ3) is 6.47. The van der Waals surface area contributed by atoms with Crippen LogP contribution in [0.15, 0.2) is 60.8 Å². The van der Waals surface area contributed by atoms with Gasteiger partial charge in [-0.1, -0.05) is 48.5 Å². The third-order valence-corrected chi connectivity index (χ3v) is 11.1. The van der Waals surface area contributed by atoms with E-state index in [1.165, 1.54) is 13.5 Å². The van der Waals surface area contributed by atoms with E-state index in [1.54, 1.807) is 6.92 Å². The van der Waals surface area contributed by atoms with Crippen molar-refractivity contribution in [2.75, 3.05) is 13.7 Å². The minimum absolute atomic E-state index is 0.0833. The second-order valence-electron chi connectivity index (χ2n) is 14.4. The third-order valence-electron chi connectivity index (χ3n) is 11.1. The molecule has 4 atom stereocenters. The predicted octanol–water partition coefficient (Wildman–Crippen LogP) is 4.80. The average molecular weight is 641 g/mol. The predicted molar refractivity (Wildman–Crippen MR) is 175 cm³/mol. The van der Waals surface area contributed by atoms with Crippen LogP contribution in [0.4, 0.5) is 4.79 Å². The molecule has 0 aliphatic heterocycles. The number of amides is 3. The maximum absolute atomic E-state index is 14.2. The first-order valence-corrected chi connectivity index (χ1v) is 17.0. The zero-order valence-electron chi connectivity index (χ0n) is 27.0. The first-order valence-electron chi connectivity index (χ1n) is 17.0. The number of alkyl carbamates (subject to hydrolysis) is 1. The second-order valence-corrected chi connectivity index (χ2v) is 14.4. The van der Waals surface area contributed by atoms with Gasteiger partial charge in [0.2, 0.25) is 11.8 Å². The molecular weight excluding hydrogens is 596 g/mol. The number of nitrogens with one attached hydrogen (secondary N) is 4. The Labute approximate surface area is 274 Å². The highest BCUT2D eigenvalue weighted by molar-refractivity contribution is 5.92. The van der Waals surface area contributed by atoms with Crippen molar-refractivity contribution >= 4 is 34.8 Å². The van der Waals surface area contributed by atoms with Gasteiger partial charge in [-0.25, -0.2) is 4.79 Å². The van der Waals surface area contributed by atoms with E-state index in [0.717, 1.165) is 59.5 Å². The molecule has 4 bridgehead atoms. The van der Waals surface area contributed by atoms with Gasteiger partial charge in [0.15, 0.2) is 0 Å². The largest absolute Gasteiger partial charge is 0.469 e. The Balaban J connectivity index is 1.08. The first-order chi connectivity index (χ1) is 22.7. The van der Waals surface area contributed by atoms with Crippen LogP contribution < -0.4 is 16.0 Å². The summed E-state index contributed by atoms with van der Waals surface area (Å²) < 4.78 is 11.0. The molecule has 10 nitrogen and oxygen atoms in total. The Morgan fingerprint density at radius 2 is 1.57 bits per heavy atom. The molecule has 10 heteroatoms. The van der Waals surface area contributed by atoms with Gasteiger partial charge in [-0.05, 0) is 86.3 Å². The maximum Gasteiger partial charge on any atom is 0.408 e. The number of para-hydroxylation sites is 1. The van der Waals surface area contributed by atoms with E-state index in [0.29, 0.717) is 18.3 Å². The lowest BCUT2D eigenvalue weighted by atomic mass is 9.55. The number of aromatic nitrogens is 1. The normalized spacial score (nSPS) is 28.9. The van der Waals surface area contributed by atoms with Gasteiger partial charge in [0, 0.05) is 30.1 Å². The van der Waals surface area contributed by atoms with Crippen molar-refractivity contribution < 1.29 is 28.7 Å². The number of hydrogen-bond donors (Lipinski definition) is 4. The van der Waals surface area contributed by atoms with Crippen molar-refractivity contribution in [2.24, 2.45) is 35.5 Å². The van der Waals surface area contributed by atoms with E-state index >= 15 is 0 Å². The molecular formula is C37H44N4O6. The fraction of sp³-hybridized carbons (Fsp3) is 0.514. The number of H-pyrrole nitrogens is 1. The topological polar surface area (TPSA) is 139 Å². The van der Waals surface area contributed by atoms with Gasteiger partial charge in [0.05, 0.1) is 25.0 Å². The van der Waals surface area contributed by atoms with Crippen LogP contribution >= 0.6 is 0 Å². The molecule has 5 fully saturated rings. The Bertz CT molecular complexity index is 1630. The molecule has 4 N–H and O–H groups in total. The van der Waals surface area contributed by atoms with Crippen LogP contribution in [0.25, 0.3) is 10.9 Å². The number of ether oxygens (including phenoxy) is 2. The number of carbonyl (C=O) groups is 4. The van der Waals surface area contributed by atoms with Crippen LogP contribution in [-0.2, 0) is 30.3 Å². The van der Waals surface area contributed by atoms with Crippen LogP contribution in [0.2, 0.25) is 0 Å². The summed E-state index contributed by atoms with van der Waals surface area (Å²) in [6, 6.07) is 16.7. The van der Waals surface area contributed by atoms with Crippen molar-refractivity contribution in [3.05, 3.63) is 71.9 Å². The summed E-state index contributed by atoms with van der Waals surface area (Å²) in [6.45, 7) is 1.81. The van der Waals surface area contributed by atoms with Crippen LogP contribution in [0.3, 0.4) is 0 Å². The lowest BCUT2D eigenvalue weighted by molar-refractivity contribution is -0.143. The fourth-order valence-electron chi connectivity index (χ4n) is 8.79. The molecule has 248 valence electrons. The van der Waals surface area contributed by atoms with Gasteiger partial charge in [0.1, 0.15) is 11.6 Å². The maximum atomic E-state index is 14.2. The SMILES string of the molecule is COC(=O)[C@H]1C[C@@H]1C(=O)N[C@@H](CNC(=O)[C@@](C)(Cc1c[nH]c2ccccc12)NC(=O)OC1C2CC3CC(C2)CC1C3)c1ccccc1. The number of aromatic amines is 1. The molecule has 0 unspecified atom stereocenters. The first kappa shape index (κ1) is 31.3. The minimum atomic E-state index is -1.36. The number of methoxy groups -OCH3 is 1. The Morgan fingerprint density at radius 3 is 2.28 bits per heavy atom. The molecule has 5 aliphatic rings.